The normalized spacial score (nSPS) is 10.2. The van der Waals surface area contributed by atoms with Crippen LogP contribution in [-0.4, -0.2) is 7.28 Å². The van der Waals surface area contributed by atoms with Crippen molar-refractivity contribution in [1.29, 1.82) is 0 Å². The third-order valence-electron chi connectivity index (χ3n) is 2.97. The predicted molar refractivity (Wildman–Crippen MR) is 62.2 cm³/mol. The van der Waals surface area contributed by atoms with E-state index in [-0.39, 0.29) is 0 Å². The Morgan fingerprint density at radius 3 is 2.38 bits per heavy atom. The Morgan fingerprint density at radius 1 is 1.08 bits per heavy atom. The molecule has 0 aromatic heterocycles. The average Bonchev–Trinajstić information content (AvgIpc) is 2.13. The maximum Gasteiger partial charge on any atom is 0.117 e. The molecule has 0 nitrogen and oxygen atoms in total. The molecule has 0 bridgehead atoms. The minimum Gasteiger partial charge on any atom is -0.0893 e. The van der Waals surface area contributed by atoms with Crippen LogP contribution in [-0.2, 0) is 6.42 Å². The Morgan fingerprint density at radius 2 is 1.77 bits per heavy atom. The van der Waals surface area contributed by atoms with Crippen LogP contribution in [0, 0.1) is 20.8 Å². The quantitative estimate of drug-likeness (QED) is 0.617. The molecule has 0 aliphatic carbocycles. The molecule has 0 aliphatic heterocycles. The Bertz CT molecular complexity index is 289. The molecule has 0 saturated carbocycles. The second-order valence-electron chi connectivity index (χ2n) is 3.90. The van der Waals surface area contributed by atoms with Crippen molar-refractivity contribution < 1.29 is 0 Å². The molecule has 0 atom stereocenters. The van der Waals surface area contributed by atoms with E-state index in [0.29, 0.717) is 0 Å². The lowest BCUT2D eigenvalue weighted by Crippen LogP contribution is -1.96. The molecule has 0 unspecified atom stereocenters. The summed E-state index contributed by atoms with van der Waals surface area (Å²) in [5.74, 6) is 0. The van der Waals surface area contributed by atoms with Gasteiger partial charge in [-0.2, -0.15) is 0 Å². The van der Waals surface area contributed by atoms with E-state index in [9.17, 15) is 0 Å². The monoisotopic (exact) mass is 174 g/mol. The molecule has 0 heterocycles. The van der Waals surface area contributed by atoms with Crippen LogP contribution < -0.4 is 0 Å². The Labute approximate surface area is 82.6 Å². The van der Waals surface area contributed by atoms with Crippen LogP contribution in [0.4, 0.5) is 0 Å². The topological polar surface area (TPSA) is 0 Å². The molecule has 13 heavy (non-hydrogen) atoms. The number of hydrogen-bond donors (Lipinski definition) is 0. The van der Waals surface area contributed by atoms with Crippen LogP contribution in [0.15, 0.2) is 12.1 Å². The summed E-state index contributed by atoms with van der Waals surface area (Å²) in [4.78, 5) is 0. The van der Waals surface area contributed by atoms with Crippen molar-refractivity contribution in [3.8, 4) is 0 Å². The van der Waals surface area contributed by atoms with Gasteiger partial charge in [0.15, 0.2) is 0 Å². The first-order valence-corrected chi connectivity index (χ1v) is 5.22. The van der Waals surface area contributed by atoms with Gasteiger partial charge in [0.1, 0.15) is 7.28 Å². The van der Waals surface area contributed by atoms with E-state index in [1.807, 2.05) is 0 Å². The third-order valence-corrected chi connectivity index (χ3v) is 2.97. The van der Waals surface area contributed by atoms with Crippen molar-refractivity contribution in [2.24, 2.45) is 0 Å². The fourth-order valence-corrected chi connectivity index (χ4v) is 1.65. The minimum absolute atomic E-state index is 1.24. The zero-order valence-electron chi connectivity index (χ0n) is 9.28. The maximum absolute atomic E-state index is 2.29. The molecule has 0 amide bonds. The SMILES string of the molecule is CBCCc1ccc(C)c(C)c1C. The summed E-state index contributed by atoms with van der Waals surface area (Å²) in [6.07, 6.45) is 2.55. The highest BCUT2D eigenvalue weighted by molar-refractivity contribution is 6.33. The van der Waals surface area contributed by atoms with Gasteiger partial charge in [0.05, 0.1) is 0 Å². The van der Waals surface area contributed by atoms with Gasteiger partial charge in [-0.15, -0.1) is 0 Å². The van der Waals surface area contributed by atoms with Crippen molar-refractivity contribution in [1.82, 2.24) is 0 Å². The Balaban J connectivity index is 2.90. The third kappa shape index (κ3) is 2.36. The summed E-state index contributed by atoms with van der Waals surface area (Å²) >= 11 is 0. The summed E-state index contributed by atoms with van der Waals surface area (Å²) in [7, 11) is 1.28. The number of rotatable bonds is 3. The van der Waals surface area contributed by atoms with E-state index in [1.54, 1.807) is 0 Å². The van der Waals surface area contributed by atoms with Crippen molar-refractivity contribution >= 4 is 7.28 Å². The molecular weight excluding hydrogens is 155 g/mol. The average molecular weight is 174 g/mol. The summed E-state index contributed by atoms with van der Waals surface area (Å²) in [6.45, 7) is 8.90. The van der Waals surface area contributed by atoms with Crippen molar-refractivity contribution in [2.75, 3.05) is 0 Å². The van der Waals surface area contributed by atoms with Crippen molar-refractivity contribution in [2.45, 2.75) is 40.3 Å². The zero-order chi connectivity index (χ0) is 9.84. The molecule has 70 valence electrons. The van der Waals surface area contributed by atoms with Gasteiger partial charge in [-0.25, -0.2) is 0 Å². The van der Waals surface area contributed by atoms with E-state index in [4.69, 9.17) is 0 Å². The van der Waals surface area contributed by atoms with Gasteiger partial charge in [-0.3, -0.25) is 0 Å². The van der Waals surface area contributed by atoms with Gasteiger partial charge in [0.25, 0.3) is 0 Å². The van der Waals surface area contributed by atoms with Crippen LogP contribution >= 0.6 is 0 Å². The van der Waals surface area contributed by atoms with Crippen LogP contribution in [0.1, 0.15) is 22.3 Å². The first-order chi connectivity index (χ1) is 6.16. The first kappa shape index (κ1) is 10.4. The van der Waals surface area contributed by atoms with Gasteiger partial charge in [-0.05, 0) is 49.4 Å². The molecule has 0 fully saturated rings. The summed E-state index contributed by atoms with van der Waals surface area (Å²) in [6, 6.07) is 4.53. The second kappa shape index (κ2) is 4.50. The lowest BCUT2D eigenvalue weighted by molar-refractivity contribution is 1.07. The highest BCUT2D eigenvalue weighted by Gasteiger charge is 2.02. The number of aryl methyl sites for hydroxylation is 2. The smallest absolute Gasteiger partial charge is 0.0893 e. The predicted octanol–water partition coefficient (Wildman–Crippen LogP) is 3.06. The summed E-state index contributed by atoms with van der Waals surface area (Å²) < 4.78 is 0. The van der Waals surface area contributed by atoms with Crippen molar-refractivity contribution in [3.05, 3.63) is 34.4 Å². The fourth-order valence-electron chi connectivity index (χ4n) is 1.65. The number of benzene rings is 1. The van der Waals surface area contributed by atoms with Gasteiger partial charge >= 0.3 is 0 Å². The van der Waals surface area contributed by atoms with Crippen LogP contribution in [0.25, 0.3) is 0 Å². The first-order valence-electron chi connectivity index (χ1n) is 5.22. The largest absolute Gasteiger partial charge is 0.117 e. The van der Waals surface area contributed by atoms with Crippen LogP contribution in [0.5, 0.6) is 0 Å². The molecule has 0 N–H and O–H groups in total. The molecule has 0 radical (unpaired) electrons. The van der Waals surface area contributed by atoms with Gasteiger partial charge in [0, 0.05) is 0 Å². The Kier molecular flexibility index (Phi) is 3.59. The van der Waals surface area contributed by atoms with E-state index >= 15 is 0 Å². The number of hydrogen-bond acceptors (Lipinski definition) is 0. The van der Waals surface area contributed by atoms with Crippen molar-refractivity contribution in [3.63, 3.8) is 0 Å². The highest BCUT2D eigenvalue weighted by Crippen LogP contribution is 2.18. The van der Waals surface area contributed by atoms with Crippen LogP contribution in [0.3, 0.4) is 0 Å². The lowest BCUT2D eigenvalue weighted by atomic mass is 9.75. The fraction of sp³-hybridized carbons (Fsp3) is 0.500. The van der Waals surface area contributed by atoms with Gasteiger partial charge in [-0.1, -0.05) is 25.3 Å². The lowest BCUT2D eigenvalue weighted by Gasteiger charge is -2.10. The van der Waals surface area contributed by atoms with E-state index < -0.39 is 0 Å². The van der Waals surface area contributed by atoms with Gasteiger partial charge in [0.2, 0.25) is 0 Å². The second-order valence-corrected chi connectivity index (χ2v) is 3.90. The molecule has 1 rings (SSSR count). The summed E-state index contributed by atoms with van der Waals surface area (Å²) in [5.41, 5.74) is 5.91. The van der Waals surface area contributed by atoms with Gasteiger partial charge < -0.3 is 0 Å². The summed E-state index contributed by atoms with van der Waals surface area (Å²) in [5, 5.41) is 0. The molecule has 0 aliphatic rings. The van der Waals surface area contributed by atoms with E-state index in [2.05, 4.69) is 39.7 Å². The molecule has 1 heteroatoms. The standard InChI is InChI=1S/C12H19B/c1-9-5-6-12(7-8-13-4)11(3)10(9)2/h5-6,13H,7-8H2,1-4H3. The maximum atomic E-state index is 2.29. The van der Waals surface area contributed by atoms with E-state index in [1.165, 1.54) is 42.3 Å². The molecular formula is C12H19B. The molecule has 0 spiro atoms. The Hall–Kier alpha value is -0.715. The minimum atomic E-state index is 1.24. The molecule has 1 aromatic carbocycles. The highest BCUT2D eigenvalue weighted by atomic mass is 14.1. The zero-order valence-corrected chi connectivity index (χ0v) is 9.28. The van der Waals surface area contributed by atoms with Crippen LogP contribution in [0.2, 0.25) is 13.1 Å². The molecule has 0 saturated heterocycles. The molecule has 1 aromatic rings. The van der Waals surface area contributed by atoms with E-state index in [0.717, 1.165) is 0 Å².